The van der Waals surface area contributed by atoms with Gasteiger partial charge in [0.15, 0.2) is 0 Å². The van der Waals surface area contributed by atoms with E-state index >= 15 is 0 Å². The molecule has 3 heterocycles. The number of carbonyl (C=O) groups excluding carboxylic acids is 1. The second-order valence-corrected chi connectivity index (χ2v) is 7.60. The molecule has 0 spiro atoms. The van der Waals surface area contributed by atoms with Crippen LogP contribution in [-0.4, -0.2) is 32.3 Å². The predicted molar refractivity (Wildman–Crippen MR) is 117 cm³/mol. The number of hydrogen-bond acceptors (Lipinski definition) is 7. The minimum Gasteiger partial charge on any atom is -0.497 e. The summed E-state index contributed by atoms with van der Waals surface area (Å²) in [6.45, 7) is 1.91. The lowest BCUT2D eigenvalue weighted by Crippen LogP contribution is -2.44. The van der Waals surface area contributed by atoms with Gasteiger partial charge in [-0.25, -0.2) is 4.79 Å². The van der Waals surface area contributed by atoms with Crippen molar-refractivity contribution in [3.8, 4) is 17.1 Å². The minimum atomic E-state index is -0.590. The summed E-state index contributed by atoms with van der Waals surface area (Å²) in [6, 6.07) is 6.84. The number of fused-ring (bicyclic) bond motifs is 1. The fraction of sp³-hybridized carbons (Fsp3) is 0.409. The first-order chi connectivity index (χ1) is 15.5. The molecule has 0 aliphatic carbocycles. The fourth-order valence-electron chi connectivity index (χ4n) is 3.88. The van der Waals surface area contributed by atoms with Gasteiger partial charge in [0.05, 0.1) is 7.11 Å². The Morgan fingerprint density at radius 3 is 2.84 bits per heavy atom. The van der Waals surface area contributed by atoms with E-state index in [1.54, 1.807) is 28.8 Å². The second-order valence-electron chi connectivity index (χ2n) is 7.60. The van der Waals surface area contributed by atoms with Gasteiger partial charge < -0.3 is 14.6 Å². The highest BCUT2D eigenvalue weighted by atomic mass is 16.5. The molecule has 1 aliphatic rings. The first kappa shape index (κ1) is 21.5. The van der Waals surface area contributed by atoms with Crippen LogP contribution in [0.2, 0.25) is 0 Å². The number of ether oxygens (including phenoxy) is 1. The van der Waals surface area contributed by atoms with E-state index in [9.17, 15) is 14.4 Å². The number of rotatable bonds is 6. The number of nitrogens with zero attached hydrogens (tertiary/aromatic N) is 4. The van der Waals surface area contributed by atoms with Crippen molar-refractivity contribution >= 4 is 11.6 Å². The minimum absolute atomic E-state index is 0.152. The van der Waals surface area contributed by atoms with Gasteiger partial charge in [-0.1, -0.05) is 24.6 Å². The van der Waals surface area contributed by atoms with Gasteiger partial charge in [-0.3, -0.25) is 18.7 Å². The van der Waals surface area contributed by atoms with Crippen LogP contribution in [0.1, 0.15) is 37.8 Å². The largest absolute Gasteiger partial charge is 0.497 e. The Bertz CT molecular complexity index is 1260. The van der Waals surface area contributed by atoms with Gasteiger partial charge >= 0.3 is 5.69 Å². The monoisotopic (exact) mass is 439 g/mol. The molecule has 32 heavy (non-hydrogen) atoms. The highest BCUT2D eigenvalue weighted by Crippen LogP contribution is 2.22. The highest BCUT2D eigenvalue weighted by Gasteiger charge is 2.25. The molecule has 1 amide bonds. The molecule has 10 heteroatoms. The summed E-state index contributed by atoms with van der Waals surface area (Å²) in [6.07, 6.45) is 3.70. The first-order valence-electron chi connectivity index (χ1n) is 10.6. The molecule has 4 rings (SSSR count). The van der Waals surface area contributed by atoms with Gasteiger partial charge in [0.2, 0.25) is 17.6 Å². The molecule has 0 saturated carbocycles. The van der Waals surface area contributed by atoms with Gasteiger partial charge in [0.1, 0.15) is 17.9 Å². The maximum absolute atomic E-state index is 13.4. The maximum Gasteiger partial charge on any atom is 0.331 e. The molecule has 168 valence electrons. The molecule has 1 aliphatic heterocycles. The number of aromatic nitrogens is 4. The second kappa shape index (κ2) is 9.21. The van der Waals surface area contributed by atoms with Crippen molar-refractivity contribution in [2.24, 2.45) is 0 Å². The quantitative estimate of drug-likeness (QED) is 0.623. The molecule has 1 N–H and O–H groups in total. The number of aryl methyl sites for hydroxylation is 1. The zero-order chi connectivity index (χ0) is 22.7. The molecule has 3 aromatic rings. The third-order valence-corrected chi connectivity index (χ3v) is 5.48. The Labute approximate surface area is 183 Å². The number of hydrogen-bond donors (Lipinski definition) is 1. The van der Waals surface area contributed by atoms with E-state index in [4.69, 9.17) is 9.26 Å². The van der Waals surface area contributed by atoms with Crippen LogP contribution in [0.15, 0.2) is 38.4 Å². The predicted octanol–water partition coefficient (Wildman–Crippen LogP) is 2.00. The van der Waals surface area contributed by atoms with E-state index in [0.29, 0.717) is 42.4 Å². The molecule has 0 unspecified atom stereocenters. The van der Waals surface area contributed by atoms with Crippen LogP contribution in [0.4, 0.5) is 5.69 Å². The van der Waals surface area contributed by atoms with Crippen molar-refractivity contribution in [1.29, 1.82) is 0 Å². The van der Waals surface area contributed by atoms with Crippen LogP contribution in [0.5, 0.6) is 5.75 Å². The van der Waals surface area contributed by atoms with E-state index in [-0.39, 0.29) is 11.4 Å². The van der Waals surface area contributed by atoms with Crippen molar-refractivity contribution in [1.82, 2.24) is 19.3 Å². The lowest BCUT2D eigenvalue weighted by atomic mass is 10.1. The molecule has 0 fully saturated rings. The van der Waals surface area contributed by atoms with Crippen molar-refractivity contribution in [3.05, 3.63) is 56.7 Å². The van der Waals surface area contributed by atoms with Crippen LogP contribution in [0.25, 0.3) is 11.4 Å². The summed E-state index contributed by atoms with van der Waals surface area (Å²) in [7, 11) is 1.53. The summed E-state index contributed by atoms with van der Waals surface area (Å²) >= 11 is 0. The Kier molecular flexibility index (Phi) is 6.20. The molecule has 1 aromatic carbocycles. The SMILES string of the molecule is CCc1nc(-c2c3n(c(=O)n(CC(=O)Nc4cccc(OC)c4)c2=O)CCCCC3)no1. The number of amides is 1. The number of benzene rings is 1. The zero-order valence-corrected chi connectivity index (χ0v) is 18.1. The van der Waals surface area contributed by atoms with Crippen molar-refractivity contribution in [2.75, 3.05) is 12.4 Å². The molecule has 0 radical (unpaired) electrons. The molecular weight excluding hydrogens is 414 g/mol. The van der Waals surface area contributed by atoms with Gasteiger partial charge in [-0.15, -0.1) is 0 Å². The van der Waals surface area contributed by atoms with Crippen LogP contribution in [-0.2, 0) is 30.7 Å². The van der Waals surface area contributed by atoms with Crippen molar-refractivity contribution in [2.45, 2.75) is 52.1 Å². The molecule has 2 aromatic heterocycles. The molecule has 0 saturated heterocycles. The van der Waals surface area contributed by atoms with Gasteiger partial charge in [0.25, 0.3) is 5.56 Å². The smallest absolute Gasteiger partial charge is 0.331 e. The van der Waals surface area contributed by atoms with Gasteiger partial charge in [-0.2, -0.15) is 4.98 Å². The highest BCUT2D eigenvalue weighted by molar-refractivity contribution is 5.90. The number of carbonyl (C=O) groups is 1. The van der Waals surface area contributed by atoms with E-state index in [1.165, 1.54) is 7.11 Å². The van der Waals surface area contributed by atoms with Crippen LogP contribution < -0.4 is 21.3 Å². The zero-order valence-electron chi connectivity index (χ0n) is 18.1. The van der Waals surface area contributed by atoms with Crippen molar-refractivity contribution in [3.63, 3.8) is 0 Å². The van der Waals surface area contributed by atoms with Gasteiger partial charge in [-0.05, 0) is 31.4 Å². The van der Waals surface area contributed by atoms with E-state index in [0.717, 1.165) is 23.8 Å². The van der Waals surface area contributed by atoms with E-state index < -0.39 is 23.7 Å². The van der Waals surface area contributed by atoms with Crippen molar-refractivity contribution < 1.29 is 14.1 Å². The molecule has 10 nitrogen and oxygen atoms in total. The van der Waals surface area contributed by atoms with Crippen LogP contribution in [0.3, 0.4) is 0 Å². The molecule has 0 atom stereocenters. The Hall–Kier alpha value is -3.69. The standard InChI is InChI=1S/C22H25N5O5/c1-3-18-24-20(25-32-18)19-16-10-5-4-6-11-26(16)22(30)27(21(19)29)13-17(28)23-14-8-7-9-15(12-14)31-2/h7-9,12H,3-6,10-11,13H2,1-2H3,(H,23,28). The average molecular weight is 439 g/mol. The number of nitrogens with one attached hydrogen (secondary N) is 1. The lowest BCUT2D eigenvalue weighted by molar-refractivity contribution is -0.116. The Morgan fingerprint density at radius 1 is 1.25 bits per heavy atom. The normalized spacial score (nSPS) is 13.3. The summed E-state index contributed by atoms with van der Waals surface area (Å²) in [5.74, 6) is 0.635. The van der Waals surface area contributed by atoms with Gasteiger partial charge in [0, 0.05) is 30.4 Å². The van der Waals surface area contributed by atoms with Crippen LogP contribution in [0, 0.1) is 0 Å². The summed E-state index contributed by atoms with van der Waals surface area (Å²) < 4.78 is 12.9. The number of anilines is 1. The summed E-state index contributed by atoms with van der Waals surface area (Å²) in [5.41, 5.74) is 0.237. The van der Waals surface area contributed by atoms with E-state index in [1.807, 2.05) is 6.92 Å². The Balaban J connectivity index is 1.75. The molecular formula is C22H25N5O5. The topological polar surface area (TPSA) is 121 Å². The summed E-state index contributed by atoms with van der Waals surface area (Å²) in [4.78, 5) is 43.6. The number of methoxy groups -OCH3 is 1. The molecule has 0 bridgehead atoms. The first-order valence-corrected chi connectivity index (χ1v) is 10.6. The Morgan fingerprint density at radius 2 is 2.09 bits per heavy atom. The van der Waals surface area contributed by atoms with Crippen LogP contribution >= 0.6 is 0 Å². The third-order valence-electron chi connectivity index (χ3n) is 5.48. The lowest BCUT2D eigenvalue weighted by Gasteiger charge is -2.16. The maximum atomic E-state index is 13.4. The van der Waals surface area contributed by atoms with E-state index in [2.05, 4.69) is 15.5 Å². The fourth-order valence-corrected chi connectivity index (χ4v) is 3.88. The summed E-state index contributed by atoms with van der Waals surface area (Å²) in [5, 5.41) is 6.67. The third kappa shape index (κ3) is 4.20. The average Bonchev–Trinajstić information content (AvgIpc) is 3.13.